The molecule has 14 nitrogen and oxygen atoms in total. The number of amides is 3. The van der Waals surface area contributed by atoms with Gasteiger partial charge in [0.25, 0.3) is 0 Å². The SMILES string of the molecule is Cc1nc2c(N)nc3ccccc3c2n1Cc1ccc(CNC(=O)CCCC(=O)NCCCOCCOCCOCCCNC(=O)CCO)cc1. The summed E-state index contributed by atoms with van der Waals surface area (Å²) in [5, 5.41) is 18.2. The molecule has 0 aliphatic rings. The molecular weight excluding hydrogens is 654 g/mol. The Morgan fingerprint density at radius 3 is 1.94 bits per heavy atom. The van der Waals surface area contributed by atoms with Crippen molar-refractivity contribution in [2.75, 3.05) is 65.1 Å². The second-order valence-corrected chi connectivity index (χ2v) is 12.1. The second-order valence-electron chi connectivity index (χ2n) is 12.1. The Kier molecular flexibility index (Phi) is 16.6. The molecule has 2 aromatic heterocycles. The van der Waals surface area contributed by atoms with Gasteiger partial charge in [-0.15, -0.1) is 0 Å². The second kappa shape index (κ2) is 21.6. The first-order valence-corrected chi connectivity index (χ1v) is 17.6. The number of nitrogens with two attached hydrogens (primary N) is 1. The van der Waals surface area contributed by atoms with Crippen molar-refractivity contribution in [1.82, 2.24) is 30.5 Å². The number of fused-ring (bicyclic) bond motifs is 3. The fourth-order valence-corrected chi connectivity index (χ4v) is 5.43. The topological polar surface area (TPSA) is 192 Å². The number of aryl methyl sites for hydroxylation is 1. The Hall–Kier alpha value is -4.63. The lowest BCUT2D eigenvalue weighted by Gasteiger charge is -2.11. The third-order valence-electron chi connectivity index (χ3n) is 8.12. The molecule has 0 atom stereocenters. The molecule has 0 aliphatic carbocycles. The molecule has 51 heavy (non-hydrogen) atoms. The Labute approximate surface area is 298 Å². The number of para-hydroxylation sites is 1. The number of nitrogens with zero attached hydrogens (tertiary/aromatic N) is 3. The zero-order chi connectivity index (χ0) is 36.3. The molecule has 4 aromatic rings. The van der Waals surface area contributed by atoms with Crippen molar-refractivity contribution in [3.8, 4) is 0 Å². The third kappa shape index (κ3) is 13.2. The fraction of sp³-hybridized carbons (Fsp3) is 0.486. The van der Waals surface area contributed by atoms with Gasteiger partial charge in [-0.3, -0.25) is 14.4 Å². The monoisotopic (exact) mass is 705 g/mol. The van der Waals surface area contributed by atoms with E-state index in [0.717, 1.165) is 33.4 Å². The average Bonchev–Trinajstić information content (AvgIpc) is 3.45. The van der Waals surface area contributed by atoms with Crippen LogP contribution in [0.4, 0.5) is 5.82 Å². The highest BCUT2D eigenvalue weighted by atomic mass is 16.5. The molecule has 0 fully saturated rings. The number of nitrogens with one attached hydrogen (secondary N) is 3. The summed E-state index contributed by atoms with van der Waals surface area (Å²) in [7, 11) is 0. The number of hydrogen-bond acceptors (Lipinski definition) is 10. The largest absolute Gasteiger partial charge is 0.396 e. The van der Waals surface area contributed by atoms with Gasteiger partial charge in [-0.05, 0) is 43.4 Å². The van der Waals surface area contributed by atoms with Crippen LogP contribution in [0, 0.1) is 6.92 Å². The van der Waals surface area contributed by atoms with Crippen molar-refractivity contribution >= 4 is 45.5 Å². The predicted molar refractivity (Wildman–Crippen MR) is 195 cm³/mol. The van der Waals surface area contributed by atoms with Crippen LogP contribution in [0.3, 0.4) is 0 Å². The highest BCUT2D eigenvalue weighted by Crippen LogP contribution is 2.29. The molecule has 0 aliphatic heterocycles. The minimum Gasteiger partial charge on any atom is -0.396 e. The van der Waals surface area contributed by atoms with Gasteiger partial charge in [0.05, 0.1) is 44.1 Å². The zero-order valence-corrected chi connectivity index (χ0v) is 29.5. The van der Waals surface area contributed by atoms with E-state index in [0.29, 0.717) is 96.4 Å². The number of carbonyl (C=O) groups excluding carboxylic acids is 3. The molecular formula is C37H51N7O7. The van der Waals surface area contributed by atoms with Gasteiger partial charge in [0.15, 0.2) is 5.82 Å². The van der Waals surface area contributed by atoms with Crippen molar-refractivity contribution < 1.29 is 33.7 Å². The summed E-state index contributed by atoms with van der Waals surface area (Å²) in [4.78, 5) is 44.9. The Morgan fingerprint density at radius 2 is 1.29 bits per heavy atom. The molecule has 2 aromatic carbocycles. The van der Waals surface area contributed by atoms with Crippen molar-refractivity contribution in [2.24, 2.45) is 0 Å². The zero-order valence-electron chi connectivity index (χ0n) is 29.5. The van der Waals surface area contributed by atoms with E-state index < -0.39 is 0 Å². The summed E-state index contributed by atoms with van der Waals surface area (Å²) in [6.45, 7) is 6.76. The molecule has 6 N–H and O–H groups in total. The first kappa shape index (κ1) is 39.2. The molecule has 0 unspecified atom stereocenters. The van der Waals surface area contributed by atoms with Gasteiger partial charge < -0.3 is 45.6 Å². The van der Waals surface area contributed by atoms with Gasteiger partial charge >= 0.3 is 0 Å². The average molecular weight is 706 g/mol. The lowest BCUT2D eigenvalue weighted by atomic mass is 10.1. The van der Waals surface area contributed by atoms with E-state index >= 15 is 0 Å². The van der Waals surface area contributed by atoms with Crippen LogP contribution in [0.1, 0.15) is 55.5 Å². The van der Waals surface area contributed by atoms with Gasteiger partial charge in [-0.25, -0.2) is 9.97 Å². The number of rotatable bonds is 24. The maximum Gasteiger partial charge on any atom is 0.222 e. The number of carbonyl (C=O) groups is 3. The van der Waals surface area contributed by atoms with Crippen molar-refractivity contribution in [1.29, 1.82) is 0 Å². The molecule has 0 saturated heterocycles. The van der Waals surface area contributed by atoms with Crippen molar-refractivity contribution in [2.45, 2.75) is 58.5 Å². The number of benzene rings is 2. The summed E-state index contributed by atoms with van der Waals surface area (Å²) in [6, 6.07) is 16.1. The molecule has 0 bridgehead atoms. The Morgan fingerprint density at radius 1 is 0.725 bits per heavy atom. The summed E-state index contributed by atoms with van der Waals surface area (Å²) in [6.07, 6.45) is 2.55. The summed E-state index contributed by atoms with van der Waals surface area (Å²) in [5.74, 6) is 0.948. The van der Waals surface area contributed by atoms with E-state index in [1.54, 1.807) is 0 Å². The summed E-state index contributed by atoms with van der Waals surface area (Å²) in [5.41, 5.74) is 10.8. The van der Waals surface area contributed by atoms with Crippen LogP contribution in [0.15, 0.2) is 48.5 Å². The predicted octanol–water partition coefficient (Wildman–Crippen LogP) is 2.75. The normalized spacial score (nSPS) is 11.3. The number of aliphatic hydroxyl groups excluding tert-OH is 1. The van der Waals surface area contributed by atoms with Crippen LogP contribution in [-0.4, -0.2) is 96.7 Å². The minimum absolute atomic E-state index is 0.0814. The van der Waals surface area contributed by atoms with Crippen LogP contribution < -0.4 is 21.7 Å². The molecule has 0 radical (unpaired) electrons. The number of anilines is 1. The lowest BCUT2D eigenvalue weighted by Crippen LogP contribution is -2.26. The van der Waals surface area contributed by atoms with E-state index in [-0.39, 0.29) is 43.6 Å². The number of aliphatic hydroxyl groups is 1. The lowest BCUT2D eigenvalue weighted by molar-refractivity contribution is -0.123. The van der Waals surface area contributed by atoms with Crippen LogP contribution in [-0.2, 0) is 41.7 Å². The smallest absolute Gasteiger partial charge is 0.222 e. The van der Waals surface area contributed by atoms with E-state index in [1.165, 1.54) is 0 Å². The highest BCUT2D eigenvalue weighted by molar-refractivity contribution is 6.06. The van der Waals surface area contributed by atoms with Gasteiger partial charge in [0.1, 0.15) is 11.3 Å². The molecule has 2 heterocycles. The maximum absolute atomic E-state index is 12.4. The number of nitrogen functional groups attached to an aromatic ring is 1. The summed E-state index contributed by atoms with van der Waals surface area (Å²) >= 11 is 0. The van der Waals surface area contributed by atoms with Crippen LogP contribution in [0.25, 0.3) is 21.9 Å². The van der Waals surface area contributed by atoms with E-state index in [2.05, 4.69) is 37.6 Å². The number of pyridine rings is 1. The number of hydrogen-bond donors (Lipinski definition) is 5. The quantitative estimate of drug-likeness (QED) is 0.0678. The molecule has 3 amide bonds. The van der Waals surface area contributed by atoms with E-state index in [1.807, 2.05) is 43.3 Å². The Balaban J connectivity index is 0.999. The van der Waals surface area contributed by atoms with Gasteiger partial charge in [-0.2, -0.15) is 0 Å². The Bertz CT molecular complexity index is 1690. The van der Waals surface area contributed by atoms with E-state index in [9.17, 15) is 14.4 Å². The first-order chi connectivity index (χ1) is 24.9. The van der Waals surface area contributed by atoms with E-state index in [4.69, 9.17) is 30.0 Å². The fourth-order valence-electron chi connectivity index (χ4n) is 5.43. The van der Waals surface area contributed by atoms with Gasteiger partial charge in [-0.1, -0.05) is 42.5 Å². The van der Waals surface area contributed by atoms with Gasteiger partial charge in [0, 0.05) is 64.0 Å². The molecule has 0 spiro atoms. The number of aromatic nitrogens is 3. The molecule has 14 heteroatoms. The van der Waals surface area contributed by atoms with Gasteiger partial charge in [0.2, 0.25) is 17.7 Å². The highest BCUT2D eigenvalue weighted by Gasteiger charge is 2.15. The van der Waals surface area contributed by atoms with Crippen LogP contribution in [0.2, 0.25) is 0 Å². The summed E-state index contributed by atoms with van der Waals surface area (Å²) < 4.78 is 18.6. The van der Waals surface area contributed by atoms with Crippen molar-refractivity contribution in [3.63, 3.8) is 0 Å². The van der Waals surface area contributed by atoms with Crippen LogP contribution >= 0.6 is 0 Å². The molecule has 4 rings (SSSR count). The third-order valence-corrected chi connectivity index (χ3v) is 8.12. The first-order valence-electron chi connectivity index (χ1n) is 17.6. The maximum atomic E-state index is 12.4. The standard InChI is InChI=1S/C37H51N7O7/c1-27-42-35-36(30-7-2-3-8-31(30)43-37(35)38)44(27)26-29-13-11-28(12-14-29)25-41-33(47)10-4-9-32(46)39-16-5-19-49-21-23-51-24-22-50-20-6-17-40-34(48)15-18-45/h2-3,7-8,11-14,45H,4-6,9-10,15-26H2,1H3,(H2,38,43)(H,39,46)(H,40,48)(H,41,47). The number of ether oxygens (including phenoxy) is 3. The minimum atomic E-state index is -0.164. The van der Waals surface area contributed by atoms with Crippen molar-refractivity contribution in [3.05, 3.63) is 65.5 Å². The number of imidazole rings is 1. The molecule has 276 valence electrons. The molecule has 0 saturated carbocycles. The van der Waals surface area contributed by atoms with Crippen LogP contribution in [0.5, 0.6) is 0 Å².